The summed E-state index contributed by atoms with van der Waals surface area (Å²) < 4.78 is 35.0. The minimum Gasteiger partial charge on any atom is -0.328 e. The fourth-order valence-corrected chi connectivity index (χ4v) is 6.57. The Morgan fingerprint density at radius 1 is 0.217 bits per heavy atom. The first kappa shape index (κ1) is 45.8. The van der Waals surface area contributed by atoms with E-state index in [0.717, 1.165) is 25.7 Å². The van der Waals surface area contributed by atoms with Crippen molar-refractivity contribution < 1.29 is 28.4 Å². The third kappa shape index (κ3) is 26.7. The molecule has 0 N–H and O–H groups in total. The zero-order valence-corrected chi connectivity index (χ0v) is 32.1. The molecule has 0 aliphatic heterocycles. The van der Waals surface area contributed by atoms with E-state index in [1.807, 2.05) is 41.5 Å². The van der Waals surface area contributed by atoms with Gasteiger partial charge in [0.05, 0.1) is 0 Å². The SMILES string of the molecule is CCOC(CCCCCCCCCCCCCCCCCCCCCCCCCCC(OCC)(OCC)OCC)(OCC)OCC. The first-order chi connectivity index (χ1) is 22.6. The van der Waals surface area contributed by atoms with Gasteiger partial charge in [0, 0.05) is 52.5 Å². The van der Waals surface area contributed by atoms with Gasteiger partial charge in [-0.2, -0.15) is 0 Å². The summed E-state index contributed by atoms with van der Waals surface area (Å²) in [5, 5.41) is 0. The molecule has 0 aromatic heterocycles. The summed E-state index contributed by atoms with van der Waals surface area (Å²) in [6.45, 7) is 15.7. The second-order valence-corrected chi connectivity index (χ2v) is 12.9. The van der Waals surface area contributed by atoms with Gasteiger partial charge in [-0.1, -0.05) is 141 Å². The minimum absolute atomic E-state index is 0.618. The highest BCUT2D eigenvalue weighted by Gasteiger charge is 2.32. The highest BCUT2D eigenvalue weighted by atomic mass is 16.9. The molecule has 0 unspecified atom stereocenters. The van der Waals surface area contributed by atoms with Crippen LogP contribution in [0.2, 0.25) is 0 Å². The molecule has 6 heteroatoms. The normalized spacial score (nSPS) is 12.4. The molecule has 0 atom stereocenters. The van der Waals surface area contributed by atoms with Crippen molar-refractivity contribution in [2.75, 3.05) is 39.6 Å². The van der Waals surface area contributed by atoms with E-state index in [1.54, 1.807) is 0 Å². The Morgan fingerprint density at radius 3 is 0.478 bits per heavy atom. The summed E-state index contributed by atoms with van der Waals surface area (Å²) in [5.74, 6) is -1.65. The summed E-state index contributed by atoms with van der Waals surface area (Å²) in [6, 6.07) is 0. The van der Waals surface area contributed by atoms with Gasteiger partial charge in [0.1, 0.15) is 0 Å². The molecule has 0 heterocycles. The highest BCUT2D eigenvalue weighted by Crippen LogP contribution is 2.25. The van der Waals surface area contributed by atoms with Crippen LogP contribution in [0.15, 0.2) is 0 Å². The van der Waals surface area contributed by atoms with Crippen LogP contribution in [0.1, 0.15) is 208 Å². The molecule has 0 rings (SSSR count). The Morgan fingerprint density at radius 2 is 0.348 bits per heavy atom. The molecule has 0 aliphatic rings. The van der Waals surface area contributed by atoms with E-state index in [0.29, 0.717) is 39.6 Å². The molecule has 0 amide bonds. The number of hydrogen-bond donors (Lipinski definition) is 0. The smallest absolute Gasteiger partial charge is 0.282 e. The van der Waals surface area contributed by atoms with Crippen molar-refractivity contribution in [2.45, 2.75) is 220 Å². The summed E-state index contributed by atoms with van der Waals surface area (Å²) in [7, 11) is 0. The predicted molar refractivity (Wildman–Crippen MR) is 195 cm³/mol. The molecule has 0 fully saturated rings. The maximum absolute atomic E-state index is 5.83. The van der Waals surface area contributed by atoms with Crippen molar-refractivity contribution in [1.29, 1.82) is 0 Å². The fraction of sp³-hybridized carbons (Fsp3) is 1.00. The average Bonchev–Trinajstić information content (AvgIpc) is 3.03. The lowest BCUT2D eigenvalue weighted by atomic mass is 10.0. The topological polar surface area (TPSA) is 55.4 Å². The number of hydrogen-bond acceptors (Lipinski definition) is 6. The summed E-state index contributed by atoms with van der Waals surface area (Å²) >= 11 is 0. The maximum Gasteiger partial charge on any atom is 0.282 e. The Balaban J connectivity index is 3.42. The van der Waals surface area contributed by atoms with Crippen LogP contribution in [0, 0.1) is 0 Å². The van der Waals surface area contributed by atoms with Crippen LogP contribution in [0.3, 0.4) is 0 Å². The van der Waals surface area contributed by atoms with Gasteiger partial charge in [-0.3, -0.25) is 0 Å². The third-order valence-electron chi connectivity index (χ3n) is 8.90. The van der Waals surface area contributed by atoms with Crippen LogP contribution in [0.25, 0.3) is 0 Å². The van der Waals surface area contributed by atoms with Gasteiger partial charge in [0.2, 0.25) is 0 Å². The van der Waals surface area contributed by atoms with Gasteiger partial charge in [0.25, 0.3) is 11.9 Å². The Hall–Kier alpha value is -0.240. The Kier molecular flexibility index (Phi) is 34.4. The Labute approximate surface area is 288 Å². The molecule has 0 spiro atoms. The number of rotatable bonds is 39. The molecule has 0 aromatic rings. The summed E-state index contributed by atoms with van der Waals surface area (Å²) in [4.78, 5) is 0. The van der Waals surface area contributed by atoms with E-state index in [2.05, 4.69) is 0 Å². The van der Waals surface area contributed by atoms with E-state index in [4.69, 9.17) is 28.4 Å². The second-order valence-electron chi connectivity index (χ2n) is 12.9. The lowest BCUT2D eigenvalue weighted by Crippen LogP contribution is -2.39. The van der Waals surface area contributed by atoms with Gasteiger partial charge in [-0.15, -0.1) is 0 Å². The zero-order valence-electron chi connectivity index (χ0n) is 32.1. The first-order valence-electron chi connectivity index (χ1n) is 20.4. The molecule has 0 aromatic carbocycles. The molecule has 46 heavy (non-hydrogen) atoms. The van der Waals surface area contributed by atoms with E-state index in [1.165, 1.54) is 141 Å². The monoisotopic (exact) mass is 659 g/mol. The first-order valence-corrected chi connectivity index (χ1v) is 20.4. The largest absolute Gasteiger partial charge is 0.328 e. The van der Waals surface area contributed by atoms with Crippen molar-refractivity contribution in [3.05, 3.63) is 0 Å². The van der Waals surface area contributed by atoms with Crippen LogP contribution in [-0.2, 0) is 28.4 Å². The lowest BCUT2D eigenvalue weighted by molar-refractivity contribution is -0.380. The van der Waals surface area contributed by atoms with Gasteiger partial charge < -0.3 is 28.4 Å². The standard InChI is InChI=1S/C40H82O6/c1-7-41-39(42-8-2,43-9-3)37-35-33-31-29-27-25-23-21-19-17-15-13-14-16-18-20-22-24-26-28-30-32-34-36-38-40(44-10-4,45-11-5)46-12-6/h7-38H2,1-6H3. The van der Waals surface area contributed by atoms with Gasteiger partial charge in [0.15, 0.2) is 0 Å². The van der Waals surface area contributed by atoms with E-state index in [9.17, 15) is 0 Å². The van der Waals surface area contributed by atoms with Crippen LogP contribution < -0.4 is 0 Å². The van der Waals surface area contributed by atoms with Crippen LogP contribution >= 0.6 is 0 Å². The quantitative estimate of drug-likeness (QED) is 0.0484. The lowest BCUT2D eigenvalue weighted by Gasteiger charge is -2.32. The highest BCUT2D eigenvalue weighted by molar-refractivity contribution is 4.61. The molecule has 0 radical (unpaired) electrons. The van der Waals surface area contributed by atoms with Crippen molar-refractivity contribution >= 4 is 0 Å². The van der Waals surface area contributed by atoms with Crippen LogP contribution in [-0.4, -0.2) is 51.6 Å². The molecular weight excluding hydrogens is 576 g/mol. The average molecular weight is 659 g/mol. The molecule has 0 saturated carbocycles. The second kappa shape index (κ2) is 34.6. The fourth-order valence-electron chi connectivity index (χ4n) is 6.57. The minimum atomic E-state index is -0.825. The summed E-state index contributed by atoms with van der Waals surface area (Å²) in [6.07, 6.45) is 34.4. The van der Waals surface area contributed by atoms with Gasteiger partial charge in [-0.05, 0) is 54.4 Å². The van der Waals surface area contributed by atoms with Crippen molar-refractivity contribution in [3.63, 3.8) is 0 Å². The summed E-state index contributed by atoms with van der Waals surface area (Å²) in [5.41, 5.74) is 0. The molecule has 6 nitrogen and oxygen atoms in total. The third-order valence-corrected chi connectivity index (χ3v) is 8.90. The van der Waals surface area contributed by atoms with E-state index in [-0.39, 0.29) is 0 Å². The van der Waals surface area contributed by atoms with Gasteiger partial charge >= 0.3 is 0 Å². The maximum atomic E-state index is 5.83. The Bertz CT molecular complexity index is 502. The predicted octanol–water partition coefficient (Wildman–Crippen LogP) is 12.7. The zero-order chi connectivity index (χ0) is 33.9. The number of unbranched alkanes of at least 4 members (excludes halogenated alkanes) is 23. The van der Waals surface area contributed by atoms with Crippen molar-refractivity contribution in [2.24, 2.45) is 0 Å². The van der Waals surface area contributed by atoms with E-state index < -0.39 is 11.9 Å². The van der Waals surface area contributed by atoms with Crippen LogP contribution in [0.4, 0.5) is 0 Å². The molecule has 0 saturated heterocycles. The molecular formula is C40H82O6. The number of ether oxygens (including phenoxy) is 6. The van der Waals surface area contributed by atoms with Crippen molar-refractivity contribution in [1.82, 2.24) is 0 Å². The van der Waals surface area contributed by atoms with Gasteiger partial charge in [-0.25, -0.2) is 0 Å². The molecule has 0 aliphatic carbocycles. The van der Waals surface area contributed by atoms with E-state index >= 15 is 0 Å². The van der Waals surface area contributed by atoms with Crippen LogP contribution in [0.5, 0.6) is 0 Å². The molecule has 0 bridgehead atoms. The van der Waals surface area contributed by atoms with Crippen molar-refractivity contribution in [3.8, 4) is 0 Å². The molecule has 278 valence electrons.